The molecule has 0 saturated carbocycles. The van der Waals surface area contributed by atoms with E-state index in [2.05, 4.69) is 0 Å². The lowest BCUT2D eigenvalue weighted by molar-refractivity contribution is -0.384. The molecule has 1 atom stereocenters. The van der Waals surface area contributed by atoms with Gasteiger partial charge in [0, 0.05) is 26.3 Å². The molecule has 1 aliphatic rings. The first-order valence-electron chi connectivity index (χ1n) is 5.83. The minimum absolute atomic E-state index is 0.106. The molecule has 0 spiro atoms. The molecule has 0 aromatic carbocycles. The van der Waals surface area contributed by atoms with Crippen molar-refractivity contribution in [2.45, 2.75) is 23.2 Å². The summed E-state index contributed by atoms with van der Waals surface area (Å²) in [6.07, 6.45) is 1.34. The van der Waals surface area contributed by atoms with Crippen molar-refractivity contribution >= 4 is 38.6 Å². The summed E-state index contributed by atoms with van der Waals surface area (Å²) in [6, 6.07) is 1.01. The van der Waals surface area contributed by atoms with E-state index < -0.39 is 14.9 Å². The second kappa shape index (κ2) is 5.94. The summed E-state index contributed by atoms with van der Waals surface area (Å²) in [7, 11) is -2.22. The number of halogens is 1. The fourth-order valence-corrected chi connectivity index (χ4v) is 5.36. The molecular weight excluding hydrogens is 328 g/mol. The summed E-state index contributed by atoms with van der Waals surface area (Å²) in [5.74, 6) is 0. The largest absolute Gasteiger partial charge is 0.380 e. The van der Waals surface area contributed by atoms with E-state index in [9.17, 15) is 18.5 Å². The molecule has 1 fully saturated rings. The van der Waals surface area contributed by atoms with Crippen LogP contribution in [0.5, 0.6) is 0 Å². The van der Waals surface area contributed by atoms with Crippen LogP contribution in [0.2, 0.25) is 4.34 Å². The van der Waals surface area contributed by atoms with Gasteiger partial charge in [0.2, 0.25) is 0 Å². The third-order valence-electron chi connectivity index (χ3n) is 3.11. The summed E-state index contributed by atoms with van der Waals surface area (Å²) in [5, 5.41) is 10.7. The van der Waals surface area contributed by atoms with Crippen molar-refractivity contribution in [2.75, 3.05) is 20.2 Å². The lowest BCUT2D eigenvalue weighted by Gasteiger charge is -2.30. The maximum Gasteiger partial charge on any atom is 0.300 e. The van der Waals surface area contributed by atoms with E-state index in [4.69, 9.17) is 16.3 Å². The van der Waals surface area contributed by atoms with Crippen LogP contribution in [0.1, 0.15) is 12.8 Å². The molecule has 0 amide bonds. The van der Waals surface area contributed by atoms with Gasteiger partial charge in [0.25, 0.3) is 15.7 Å². The summed E-state index contributed by atoms with van der Waals surface area (Å²) in [6.45, 7) is 0.633. The molecule has 7 nitrogen and oxygen atoms in total. The van der Waals surface area contributed by atoms with E-state index in [-0.39, 0.29) is 26.9 Å². The Morgan fingerprint density at radius 2 is 2.30 bits per heavy atom. The predicted molar refractivity (Wildman–Crippen MR) is 74.8 cm³/mol. The Morgan fingerprint density at radius 1 is 1.60 bits per heavy atom. The number of piperidine rings is 1. The van der Waals surface area contributed by atoms with Crippen molar-refractivity contribution in [3.63, 3.8) is 0 Å². The molecule has 1 saturated heterocycles. The third-order valence-corrected chi connectivity index (χ3v) is 6.76. The normalized spacial score (nSPS) is 21.0. The van der Waals surface area contributed by atoms with E-state index in [0.717, 1.165) is 12.5 Å². The summed E-state index contributed by atoms with van der Waals surface area (Å²) >= 11 is 6.42. The zero-order valence-electron chi connectivity index (χ0n) is 10.6. The Labute approximate surface area is 125 Å². The fraction of sp³-hybridized carbons (Fsp3) is 0.600. The van der Waals surface area contributed by atoms with Gasteiger partial charge in [0.05, 0.1) is 11.0 Å². The highest BCUT2D eigenvalue weighted by Gasteiger charge is 2.33. The van der Waals surface area contributed by atoms with E-state index in [1.54, 1.807) is 0 Å². The standard InChI is InChI=1S/C10H13ClN2O5S2/c1-18-7-3-2-4-12(6-7)20(16,17)9-5-8(13(14)15)10(11)19-9/h5,7H,2-4,6H2,1H3. The molecule has 1 aromatic rings. The van der Waals surface area contributed by atoms with E-state index in [1.807, 2.05) is 0 Å². The van der Waals surface area contributed by atoms with Crippen LogP contribution in [0.25, 0.3) is 0 Å². The summed E-state index contributed by atoms with van der Waals surface area (Å²) < 4.78 is 31.1. The first-order chi connectivity index (χ1) is 9.36. The van der Waals surface area contributed by atoms with Crippen molar-refractivity contribution in [2.24, 2.45) is 0 Å². The maximum atomic E-state index is 12.4. The maximum absolute atomic E-state index is 12.4. The average molecular weight is 341 g/mol. The number of rotatable bonds is 4. The topological polar surface area (TPSA) is 89.8 Å². The molecule has 10 heteroatoms. The number of nitrogens with zero attached hydrogens (tertiary/aromatic N) is 2. The lowest BCUT2D eigenvalue weighted by Crippen LogP contribution is -2.42. The highest BCUT2D eigenvalue weighted by atomic mass is 35.5. The SMILES string of the molecule is COC1CCCN(S(=O)(=O)c2cc([N+](=O)[O-])c(Cl)s2)C1. The number of nitro groups is 1. The third kappa shape index (κ3) is 2.96. The zero-order chi connectivity index (χ0) is 14.9. The van der Waals surface area contributed by atoms with Crippen molar-refractivity contribution < 1.29 is 18.1 Å². The molecule has 20 heavy (non-hydrogen) atoms. The van der Waals surface area contributed by atoms with Gasteiger partial charge in [-0.15, -0.1) is 11.3 Å². The Kier molecular flexibility index (Phi) is 4.65. The zero-order valence-corrected chi connectivity index (χ0v) is 13.0. The van der Waals surface area contributed by atoms with Crippen molar-refractivity contribution in [3.8, 4) is 0 Å². The van der Waals surface area contributed by atoms with Gasteiger partial charge >= 0.3 is 0 Å². The molecular formula is C10H13ClN2O5S2. The van der Waals surface area contributed by atoms with Crippen LogP contribution in [-0.4, -0.2) is 43.9 Å². The molecule has 0 aliphatic carbocycles. The van der Waals surface area contributed by atoms with Gasteiger partial charge in [-0.1, -0.05) is 11.6 Å². The second-order valence-electron chi connectivity index (χ2n) is 4.34. The van der Waals surface area contributed by atoms with Crippen LogP contribution in [0.4, 0.5) is 5.69 Å². The van der Waals surface area contributed by atoms with Gasteiger partial charge in [-0.25, -0.2) is 8.42 Å². The number of ether oxygens (including phenoxy) is 1. The molecule has 1 unspecified atom stereocenters. The molecule has 1 aromatic heterocycles. The second-order valence-corrected chi connectivity index (χ2v) is 8.16. The van der Waals surface area contributed by atoms with Crippen LogP contribution < -0.4 is 0 Å². The van der Waals surface area contributed by atoms with E-state index in [1.165, 1.54) is 11.4 Å². The van der Waals surface area contributed by atoms with Crippen molar-refractivity contribution in [3.05, 3.63) is 20.5 Å². The van der Waals surface area contributed by atoms with Crippen LogP contribution in [0, 0.1) is 10.1 Å². The van der Waals surface area contributed by atoms with Gasteiger partial charge < -0.3 is 4.74 Å². The number of hydrogen-bond acceptors (Lipinski definition) is 6. The molecule has 2 rings (SSSR count). The smallest absolute Gasteiger partial charge is 0.300 e. The molecule has 1 aliphatic heterocycles. The van der Waals surface area contributed by atoms with Gasteiger partial charge in [0.15, 0.2) is 4.34 Å². The summed E-state index contributed by atoms with van der Waals surface area (Å²) in [4.78, 5) is 10.0. The Morgan fingerprint density at radius 3 is 2.85 bits per heavy atom. The first-order valence-corrected chi connectivity index (χ1v) is 8.46. The predicted octanol–water partition coefficient (Wildman–Crippen LogP) is 2.11. The lowest BCUT2D eigenvalue weighted by atomic mass is 10.1. The van der Waals surface area contributed by atoms with Crippen LogP contribution in [-0.2, 0) is 14.8 Å². The summed E-state index contributed by atoms with van der Waals surface area (Å²) in [5.41, 5.74) is -0.379. The fourth-order valence-electron chi connectivity index (χ4n) is 2.03. The van der Waals surface area contributed by atoms with Crippen LogP contribution in [0.3, 0.4) is 0 Å². The van der Waals surface area contributed by atoms with Crippen LogP contribution in [0.15, 0.2) is 10.3 Å². The molecule has 0 bridgehead atoms. The van der Waals surface area contributed by atoms with Gasteiger partial charge in [-0.3, -0.25) is 10.1 Å². The molecule has 112 valence electrons. The van der Waals surface area contributed by atoms with E-state index in [0.29, 0.717) is 24.3 Å². The first kappa shape index (κ1) is 15.6. The van der Waals surface area contributed by atoms with Crippen LogP contribution >= 0.6 is 22.9 Å². The Hall–Kier alpha value is -0.740. The van der Waals surface area contributed by atoms with Gasteiger partial charge in [-0.05, 0) is 12.8 Å². The average Bonchev–Trinajstić information content (AvgIpc) is 2.82. The Balaban J connectivity index is 2.30. The van der Waals surface area contributed by atoms with Crippen molar-refractivity contribution in [1.29, 1.82) is 0 Å². The number of methoxy groups -OCH3 is 1. The monoisotopic (exact) mass is 340 g/mol. The number of hydrogen-bond donors (Lipinski definition) is 0. The molecule has 0 N–H and O–H groups in total. The quantitative estimate of drug-likeness (QED) is 0.618. The number of thiophene rings is 1. The molecule has 0 radical (unpaired) electrons. The number of sulfonamides is 1. The highest BCUT2D eigenvalue weighted by molar-refractivity contribution is 7.91. The minimum atomic E-state index is -3.76. The van der Waals surface area contributed by atoms with Gasteiger partial charge in [0.1, 0.15) is 4.21 Å². The molecule has 2 heterocycles. The van der Waals surface area contributed by atoms with Crippen molar-refractivity contribution in [1.82, 2.24) is 4.31 Å². The van der Waals surface area contributed by atoms with Gasteiger partial charge in [-0.2, -0.15) is 4.31 Å². The van der Waals surface area contributed by atoms with E-state index >= 15 is 0 Å². The Bertz CT molecular complexity index is 615. The minimum Gasteiger partial charge on any atom is -0.380 e. The highest BCUT2D eigenvalue weighted by Crippen LogP contribution is 2.38.